The van der Waals surface area contributed by atoms with Gasteiger partial charge in [-0.2, -0.15) is 0 Å². The monoisotopic (exact) mass is 632 g/mol. The topological polar surface area (TPSA) is 43.8 Å². The lowest BCUT2D eigenvalue weighted by Crippen LogP contribution is -2.46. The Morgan fingerprint density at radius 1 is 0.458 bits per heavy atom. The van der Waals surface area contributed by atoms with E-state index in [2.05, 4.69) is 77.5 Å². The summed E-state index contributed by atoms with van der Waals surface area (Å²) in [6.45, 7) is 4.56. The number of carbonyl (C=O) groups is 1. The van der Waals surface area contributed by atoms with Crippen LogP contribution in [0.5, 0.6) is 0 Å². The molecule has 6 aromatic carbocycles. The first-order valence-electron chi connectivity index (χ1n) is 16.6. The highest BCUT2D eigenvalue weighted by molar-refractivity contribution is 6.08. The largest absolute Gasteiger partial charge is 0.384 e. The van der Waals surface area contributed by atoms with E-state index >= 15 is 0 Å². The molecule has 0 aliphatic carbocycles. The Bertz CT molecular complexity index is 1620. The molecule has 0 amide bonds. The molecule has 1 heterocycles. The average molecular weight is 633 g/mol. The van der Waals surface area contributed by atoms with Gasteiger partial charge in [0.15, 0.2) is 5.78 Å². The molecule has 1 fully saturated rings. The number of likely N-dealkylation sites (N-methyl/N-ethyl adjacent to an activating group) is 1. The first-order chi connectivity index (χ1) is 23.6. The lowest BCUT2D eigenvalue weighted by molar-refractivity contribution is 0.103. The first-order valence-corrected chi connectivity index (χ1v) is 16.6. The van der Waals surface area contributed by atoms with Crippen molar-refractivity contribution in [3.8, 4) is 0 Å². The molecule has 1 aliphatic heterocycles. The molecule has 0 aromatic heterocycles. The van der Waals surface area contributed by atoms with Crippen molar-refractivity contribution < 1.29 is 9.90 Å². The smallest absolute Gasteiger partial charge is 0.193 e. The van der Waals surface area contributed by atoms with Gasteiger partial charge in [0, 0.05) is 37.3 Å². The third kappa shape index (κ3) is 9.93. The Balaban J connectivity index is 0.000000145. The molecule has 48 heavy (non-hydrogen) atoms. The van der Waals surface area contributed by atoms with E-state index in [0.717, 1.165) is 48.4 Å². The molecular weight excluding hydrogens is 588 g/mol. The van der Waals surface area contributed by atoms with Gasteiger partial charge in [0.2, 0.25) is 0 Å². The standard InChI is InChI=1S/C18H22N2.C13H12O.C13H10O/c1-19-12-14-20(15-13-19)18(16-8-4-2-5-9-16)17-10-6-3-7-11-17;2*14-13(11-7-3-1-4-8-11)12-9-5-2-6-10-12/h2-11,18H,12-15H2,1H3;1-10,13-14H;1-10H. The molecule has 0 bridgehead atoms. The zero-order valence-corrected chi connectivity index (χ0v) is 27.6. The third-order valence-electron chi connectivity index (χ3n) is 8.44. The number of piperazine rings is 1. The number of hydrogen-bond acceptors (Lipinski definition) is 4. The zero-order valence-electron chi connectivity index (χ0n) is 27.6. The van der Waals surface area contributed by atoms with E-state index in [0.29, 0.717) is 6.04 Å². The van der Waals surface area contributed by atoms with Gasteiger partial charge >= 0.3 is 0 Å². The Morgan fingerprint density at radius 2 is 0.750 bits per heavy atom. The van der Waals surface area contributed by atoms with Gasteiger partial charge in [0.05, 0.1) is 6.04 Å². The maximum absolute atomic E-state index is 11.8. The van der Waals surface area contributed by atoms with Crippen molar-refractivity contribution in [2.75, 3.05) is 33.2 Å². The number of hydrogen-bond donors (Lipinski definition) is 1. The highest BCUT2D eigenvalue weighted by Crippen LogP contribution is 2.29. The van der Waals surface area contributed by atoms with E-state index in [-0.39, 0.29) is 5.78 Å². The molecule has 1 N–H and O–H groups in total. The van der Waals surface area contributed by atoms with Crippen molar-refractivity contribution in [1.82, 2.24) is 9.80 Å². The Kier molecular flexibility index (Phi) is 13.0. The minimum atomic E-state index is -0.516. The fourth-order valence-electron chi connectivity index (χ4n) is 5.77. The van der Waals surface area contributed by atoms with Gasteiger partial charge in [0.1, 0.15) is 6.10 Å². The van der Waals surface area contributed by atoms with Crippen molar-refractivity contribution in [2.24, 2.45) is 0 Å². The van der Waals surface area contributed by atoms with Crippen LogP contribution in [0.4, 0.5) is 0 Å². The first kappa shape index (κ1) is 34.2. The number of nitrogens with zero attached hydrogens (tertiary/aromatic N) is 2. The number of rotatable bonds is 7. The summed E-state index contributed by atoms with van der Waals surface area (Å²) in [5.74, 6) is 0.0752. The van der Waals surface area contributed by atoms with Crippen LogP contribution in [-0.4, -0.2) is 53.9 Å². The van der Waals surface area contributed by atoms with Crippen LogP contribution in [0.3, 0.4) is 0 Å². The Labute approximate surface area is 285 Å². The van der Waals surface area contributed by atoms with Crippen LogP contribution in [0.25, 0.3) is 0 Å². The molecule has 4 heteroatoms. The fraction of sp³-hybridized carbons (Fsp3) is 0.159. The van der Waals surface area contributed by atoms with Crippen LogP contribution >= 0.6 is 0 Å². The molecule has 6 aromatic rings. The van der Waals surface area contributed by atoms with Crippen LogP contribution in [0, 0.1) is 0 Å². The summed E-state index contributed by atoms with van der Waals surface area (Å²) in [5.41, 5.74) is 6.11. The lowest BCUT2D eigenvalue weighted by Gasteiger charge is -2.38. The maximum atomic E-state index is 11.8. The van der Waals surface area contributed by atoms with Crippen LogP contribution in [-0.2, 0) is 0 Å². The van der Waals surface area contributed by atoms with Crippen molar-refractivity contribution >= 4 is 5.78 Å². The number of ketones is 1. The van der Waals surface area contributed by atoms with Crippen molar-refractivity contribution in [2.45, 2.75) is 12.1 Å². The molecular formula is C44H44N2O2. The summed E-state index contributed by atoms with van der Waals surface area (Å²) in [7, 11) is 2.21. The second-order valence-electron chi connectivity index (χ2n) is 11.8. The van der Waals surface area contributed by atoms with Crippen LogP contribution in [0.1, 0.15) is 50.3 Å². The second kappa shape index (κ2) is 18.3. The van der Waals surface area contributed by atoms with E-state index in [9.17, 15) is 9.90 Å². The van der Waals surface area contributed by atoms with Gasteiger partial charge in [-0.25, -0.2) is 0 Å². The van der Waals surface area contributed by atoms with E-state index in [1.54, 1.807) is 0 Å². The molecule has 1 saturated heterocycles. The summed E-state index contributed by atoms with van der Waals surface area (Å²) < 4.78 is 0. The molecule has 4 nitrogen and oxygen atoms in total. The van der Waals surface area contributed by atoms with Gasteiger partial charge in [0.25, 0.3) is 0 Å². The summed E-state index contributed by atoms with van der Waals surface area (Å²) >= 11 is 0. The summed E-state index contributed by atoms with van der Waals surface area (Å²) in [4.78, 5) is 16.9. The SMILES string of the molecule is CN1CCN(C(c2ccccc2)c2ccccc2)CC1.O=C(c1ccccc1)c1ccccc1.OC(c1ccccc1)c1ccccc1. The quantitative estimate of drug-likeness (QED) is 0.179. The minimum absolute atomic E-state index is 0.0752. The van der Waals surface area contributed by atoms with Gasteiger partial charge in [-0.05, 0) is 29.3 Å². The van der Waals surface area contributed by atoms with Gasteiger partial charge in [-0.1, -0.05) is 182 Å². The predicted molar refractivity (Wildman–Crippen MR) is 197 cm³/mol. The molecule has 0 saturated carbocycles. The minimum Gasteiger partial charge on any atom is -0.384 e. The number of benzene rings is 6. The molecule has 0 atom stereocenters. The zero-order chi connectivity index (χ0) is 33.4. The van der Waals surface area contributed by atoms with Crippen molar-refractivity contribution in [1.29, 1.82) is 0 Å². The van der Waals surface area contributed by atoms with E-state index < -0.39 is 6.10 Å². The lowest BCUT2D eigenvalue weighted by atomic mass is 9.96. The third-order valence-corrected chi connectivity index (χ3v) is 8.44. The molecule has 0 unspecified atom stereocenters. The predicted octanol–water partition coefficient (Wildman–Crippen LogP) is 8.71. The Morgan fingerprint density at radius 3 is 1.08 bits per heavy atom. The van der Waals surface area contributed by atoms with Gasteiger partial charge in [-0.3, -0.25) is 9.69 Å². The van der Waals surface area contributed by atoms with E-state index in [1.807, 2.05) is 121 Å². The van der Waals surface area contributed by atoms with Crippen LogP contribution < -0.4 is 0 Å². The normalized spacial score (nSPS) is 13.2. The molecule has 0 radical (unpaired) electrons. The Hall–Kier alpha value is -5.13. The average Bonchev–Trinajstić information content (AvgIpc) is 3.18. The van der Waals surface area contributed by atoms with Crippen LogP contribution in [0.15, 0.2) is 182 Å². The highest BCUT2D eigenvalue weighted by atomic mass is 16.3. The molecule has 1 aliphatic rings. The van der Waals surface area contributed by atoms with E-state index in [1.165, 1.54) is 11.1 Å². The van der Waals surface area contributed by atoms with Crippen LogP contribution in [0.2, 0.25) is 0 Å². The fourth-order valence-corrected chi connectivity index (χ4v) is 5.77. The highest BCUT2D eigenvalue weighted by Gasteiger charge is 2.25. The molecule has 242 valence electrons. The molecule has 0 spiro atoms. The summed E-state index contributed by atoms with van der Waals surface area (Å²) in [6, 6.07) is 60.1. The maximum Gasteiger partial charge on any atom is 0.193 e. The van der Waals surface area contributed by atoms with Crippen molar-refractivity contribution in [3.63, 3.8) is 0 Å². The molecule has 7 rings (SSSR count). The number of carbonyl (C=O) groups excluding carboxylic acids is 1. The number of aliphatic hydroxyl groups excluding tert-OH is 1. The van der Waals surface area contributed by atoms with Crippen molar-refractivity contribution in [3.05, 3.63) is 215 Å². The second-order valence-corrected chi connectivity index (χ2v) is 11.8. The van der Waals surface area contributed by atoms with Gasteiger partial charge in [-0.15, -0.1) is 0 Å². The summed E-state index contributed by atoms with van der Waals surface area (Å²) in [6.07, 6.45) is -0.516. The van der Waals surface area contributed by atoms with Gasteiger partial charge < -0.3 is 10.0 Å². The number of aliphatic hydroxyl groups is 1. The summed E-state index contributed by atoms with van der Waals surface area (Å²) in [5, 5.41) is 9.99. The van der Waals surface area contributed by atoms with E-state index in [4.69, 9.17) is 0 Å².